The molecule has 0 amide bonds. The standard InChI is InChI=1S/C11H16FN/c1-3-11(13-4-2)9-5-7-10(12)8-6-9/h5-8,11,13H,3-4H2,1-2H3/t11-/m0/s1. The minimum Gasteiger partial charge on any atom is -0.310 e. The van der Waals surface area contributed by atoms with Gasteiger partial charge in [-0.25, -0.2) is 4.39 Å². The summed E-state index contributed by atoms with van der Waals surface area (Å²) in [6, 6.07) is 7.05. The molecular formula is C11H16FN. The van der Waals surface area contributed by atoms with Crippen molar-refractivity contribution in [2.45, 2.75) is 26.3 Å². The first-order valence-electron chi connectivity index (χ1n) is 4.76. The predicted octanol–water partition coefficient (Wildman–Crippen LogP) is 2.89. The summed E-state index contributed by atoms with van der Waals surface area (Å²) in [6.45, 7) is 5.14. The lowest BCUT2D eigenvalue weighted by Crippen LogP contribution is -2.19. The third-order valence-electron chi connectivity index (χ3n) is 2.13. The van der Waals surface area contributed by atoms with E-state index in [0.717, 1.165) is 18.5 Å². The quantitative estimate of drug-likeness (QED) is 0.753. The zero-order valence-electron chi connectivity index (χ0n) is 8.18. The van der Waals surface area contributed by atoms with Gasteiger partial charge < -0.3 is 5.32 Å². The monoisotopic (exact) mass is 181 g/mol. The van der Waals surface area contributed by atoms with E-state index in [4.69, 9.17) is 0 Å². The Labute approximate surface area is 79.0 Å². The number of benzene rings is 1. The van der Waals surface area contributed by atoms with Gasteiger partial charge in [0.1, 0.15) is 5.82 Å². The number of hydrogen-bond acceptors (Lipinski definition) is 1. The fourth-order valence-corrected chi connectivity index (χ4v) is 1.44. The van der Waals surface area contributed by atoms with Crippen molar-refractivity contribution in [3.63, 3.8) is 0 Å². The first-order chi connectivity index (χ1) is 6.27. The Kier molecular flexibility index (Phi) is 3.90. The Morgan fingerprint density at radius 2 is 1.85 bits per heavy atom. The van der Waals surface area contributed by atoms with Crippen LogP contribution >= 0.6 is 0 Å². The van der Waals surface area contributed by atoms with Gasteiger partial charge in [0, 0.05) is 6.04 Å². The second-order valence-electron chi connectivity index (χ2n) is 3.07. The number of halogens is 1. The van der Waals surface area contributed by atoms with Crippen molar-refractivity contribution in [1.29, 1.82) is 0 Å². The van der Waals surface area contributed by atoms with Gasteiger partial charge in [-0.3, -0.25) is 0 Å². The lowest BCUT2D eigenvalue weighted by atomic mass is 10.0. The van der Waals surface area contributed by atoms with Crippen LogP contribution in [0.2, 0.25) is 0 Å². The Hall–Kier alpha value is -0.890. The summed E-state index contributed by atoms with van der Waals surface area (Å²) in [6.07, 6.45) is 1.03. The Morgan fingerprint density at radius 3 is 2.31 bits per heavy atom. The lowest BCUT2D eigenvalue weighted by Gasteiger charge is -2.15. The Balaban J connectivity index is 2.73. The highest BCUT2D eigenvalue weighted by molar-refractivity contribution is 5.19. The fraction of sp³-hybridized carbons (Fsp3) is 0.455. The normalized spacial score (nSPS) is 12.8. The predicted molar refractivity (Wildman–Crippen MR) is 53.1 cm³/mol. The van der Waals surface area contributed by atoms with Crippen LogP contribution in [-0.4, -0.2) is 6.54 Å². The third kappa shape index (κ3) is 2.81. The fourth-order valence-electron chi connectivity index (χ4n) is 1.44. The van der Waals surface area contributed by atoms with Crippen LogP contribution in [0.15, 0.2) is 24.3 Å². The maximum atomic E-state index is 12.6. The van der Waals surface area contributed by atoms with Crippen molar-refractivity contribution >= 4 is 0 Å². The number of hydrogen-bond donors (Lipinski definition) is 1. The number of nitrogens with one attached hydrogen (secondary N) is 1. The van der Waals surface area contributed by atoms with Crippen LogP contribution in [0.1, 0.15) is 31.9 Å². The molecule has 2 heteroatoms. The van der Waals surface area contributed by atoms with Crippen LogP contribution in [0.25, 0.3) is 0 Å². The van der Waals surface area contributed by atoms with Crippen LogP contribution in [0.4, 0.5) is 4.39 Å². The van der Waals surface area contributed by atoms with Gasteiger partial charge in [0.2, 0.25) is 0 Å². The molecule has 0 fully saturated rings. The SMILES string of the molecule is CCN[C@@H](CC)c1ccc(F)cc1. The molecule has 0 heterocycles. The molecule has 0 saturated heterocycles. The topological polar surface area (TPSA) is 12.0 Å². The molecular weight excluding hydrogens is 165 g/mol. The van der Waals surface area contributed by atoms with E-state index < -0.39 is 0 Å². The van der Waals surface area contributed by atoms with E-state index in [2.05, 4.69) is 19.2 Å². The van der Waals surface area contributed by atoms with Gasteiger partial charge in [-0.05, 0) is 30.7 Å². The molecule has 0 aromatic heterocycles. The first kappa shape index (κ1) is 10.2. The highest BCUT2D eigenvalue weighted by Gasteiger charge is 2.06. The average Bonchev–Trinajstić information content (AvgIpc) is 2.16. The summed E-state index contributed by atoms with van der Waals surface area (Å²) >= 11 is 0. The Bertz CT molecular complexity index is 243. The van der Waals surface area contributed by atoms with Crippen molar-refractivity contribution in [2.24, 2.45) is 0 Å². The summed E-state index contributed by atoms with van der Waals surface area (Å²) in [5.74, 6) is -0.171. The molecule has 0 aliphatic carbocycles. The molecule has 1 N–H and O–H groups in total. The van der Waals surface area contributed by atoms with Gasteiger partial charge in [0.25, 0.3) is 0 Å². The molecule has 0 spiro atoms. The third-order valence-corrected chi connectivity index (χ3v) is 2.13. The van der Waals surface area contributed by atoms with E-state index in [1.807, 2.05) is 12.1 Å². The second-order valence-corrected chi connectivity index (χ2v) is 3.07. The highest BCUT2D eigenvalue weighted by Crippen LogP contribution is 2.16. The van der Waals surface area contributed by atoms with Crippen molar-refractivity contribution in [2.75, 3.05) is 6.54 Å². The van der Waals surface area contributed by atoms with E-state index in [9.17, 15) is 4.39 Å². The Morgan fingerprint density at radius 1 is 1.23 bits per heavy atom. The molecule has 0 bridgehead atoms. The summed E-state index contributed by atoms with van der Waals surface area (Å²) in [7, 11) is 0. The molecule has 1 rings (SSSR count). The van der Waals surface area contributed by atoms with Crippen molar-refractivity contribution in [3.05, 3.63) is 35.6 Å². The molecule has 1 nitrogen and oxygen atoms in total. The summed E-state index contributed by atoms with van der Waals surface area (Å²) in [5.41, 5.74) is 1.16. The molecule has 72 valence electrons. The molecule has 1 atom stereocenters. The second kappa shape index (κ2) is 4.97. The van der Waals surface area contributed by atoms with E-state index in [1.165, 1.54) is 12.1 Å². The molecule has 0 unspecified atom stereocenters. The van der Waals surface area contributed by atoms with Gasteiger partial charge in [-0.1, -0.05) is 26.0 Å². The van der Waals surface area contributed by atoms with E-state index >= 15 is 0 Å². The molecule has 0 radical (unpaired) electrons. The van der Waals surface area contributed by atoms with E-state index in [1.54, 1.807) is 0 Å². The van der Waals surface area contributed by atoms with Crippen LogP contribution in [-0.2, 0) is 0 Å². The minimum absolute atomic E-state index is 0.171. The average molecular weight is 181 g/mol. The number of rotatable bonds is 4. The maximum Gasteiger partial charge on any atom is 0.123 e. The van der Waals surface area contributed by atoms with Crippen molar-refractivity contribution in [3.8, 4) is 0 Å². The van der Waals surface area contributed by atoms with Crippen molar-refractivity contribution in [1.82, 2.24) is 5.32 Å². The summed E-state index contributed by atoms with van der Waals surface area (Å²) in [5, 5.41) is 3.35. The van der Waals surface area contributed by atoms with Gasteiger partial charge in [0.15, 0.2) is 0 Å². The van der Waals surface area contributed by atoms with Gasteiger partial charge in [-0.15, -0.1) is 0 Å². The zero-order chi connectivity index (χ0) is 9.68. The van der Waals surface area contributed by atoms with Gasteiger partial charge in [0.05, 0.1) is 0 Å². The van der Waals surface area contributed by atoms with Crippen LogP contribution in [0.5, 0.6) is 0 Å². The summed E-state index contributed by atoms with van der Waals surface area (Å²) < 4.78 is 12.6. The van der Waals surface area contributed by atoms with Crippen LogP contribution in [0.3, 0.4) is 0 Å². The largest absolute Gasteiger partial charge is 0.310 e. The molecule has 1 aromatic rings. The highest BCUT2D eigenvalue weighted by atomic mass is 19.1. The zero-order valence-corrected chi connectivity index (χ0v) is 8.18. The van der Waals surface area contributed by atoms with Gasteiger partial charge >= 0.3 is 0 Å². The molecule has 0 saturated carbocycles. The molecule has 0 aliphatic heterocycles. The minimum atomic E-state index is -0.171. The smallest absolute Gasteiger partial charge is 0.123 e. The van der Waals surface area contributed by atoms with Crippen molar-refractivity contribution < 1.29 is 4.39 Å². The van der Waals surface area contributed by atoms with E-state index in [-0.39, 0.29) is 5.82 Å². The van der Waals surface area contributed by atoms with E-state index in [0.29, 0.717) is 6.04 Å². The van der Waals surface area contributed by atoms with Crippen LogP contribution in [0, 0.1) is 5.82 Å². The molecule has 0 aliphatic rings. The first-order valence-corrected chi connectivity index (χ1v) is 4.76. The van der Waals surface area contributed by atoms with Gasteiger partial charge in [-0.2, -0.15) is 0 Å². The molecule has 1 aromatic carbocycles. The maximum absolute atomic E-state index is 12.6. The lowest BCUT2D eigenvalue weighted by molar-refractivity contribution is 0.535. The molecule has 13 heavy (non-hydrogen) atoms. The van der Waals surface area contributed by atoms with Crippen LogP contribution < -0.4 is 5.32 Å². The summed E-state index contributed by atoms with van der Waals surface area (Å²) in [4.78, 5) is 0.